The molecule has 4 rings (SSSR count). The largest absolute Gasteiger partial charge is 0.497 e. The summed E-state index contributed by atoms with van der Waals surface area (Å²) in [6, 6.07) is 16.7. The van der Waals surface area contributed by atoms with Gasteiger partial charge in [0.15, 0.2) is 0 Å². The van der Waals surface area contributed by atoms with Gasteiger partial charge >= 0.3 is 0 Å². The Morgan fingerprint density at radius 3 is 2.62 bits per heavy atom. The number of nitrogens with one attached hydrogen (secondary N) is 1. The molecular formula is C24H29BrN2O2. The fourth-order valence-corrected chi connectivity index (χ4v) is 4.72. The number of benzene rings is 2. The van der Waals surface area contributed by atoms with E-state index < -0.39 is 0 Å². The molecule has 5 heteroatoms. The lowest BCUT2D eigenvalue weighted by molar-refractivity contribution is -0.122. The zero-order valence-electron chi connectivity index (χ0n) is 16.9. The van der Waals surface area contributed by atoms with Crippen molar-refractivity contribution in [1.29, 1.82) is 0 Å². The van der Waals surface area contributed by atoms with Crippen LogP contribution in [0.5, 0.6) is 5.75 Å². The van der Waals surface area contributed by atoms with Crippen molar-refractivity contribution in [3.8, 4) is 5.75 Å². The van der Waals surface area contributed by atoms with Crippen molar-refractivity contribution in [3.05, 3.63) is 64.1 Å². The van der Waals surface area contributed by atoms with Gasteiger partial charge in [0, 0.05) is 23.5 Å². The lowest BCUT2D eigenvalue weighted by Gasteiger charge is -2.32. The molecule has 0 bridgehead atoms. The van der Waals surface area contributed by atoms with Crippen molar-refractivity contribution < 1.29 is 9.53 Å². The highest BCUT2D eigenvalue weighted by Crippen LogP contribution is 2.48. The van der Waals surface area contributed by atoms with E-state index >= 15 is 0 Å². The molecule has 1 saturated carbocycles. The quantitative estimate of drug-likeness (QED) is 0.662. The van der Waals surface area contributed by atoms with Crippen molar-refractivity contribution in [1.82, 2.24) is 10.2 Å². The van der Waals surface area contributed by atoms with Crippen LogP contribution in [0, 0.1) is 11.8 Å². The summed E-state index contributed by atoms with van der Waals surface area (Å²) in [4.78, 5) is 15.0. The predicted octanol–water partition coefficient (Wildman–Crippen LogP) is 4.59. The second kappa shape index (κ2) is 9.31. The Bertz CT molecular complexity index is 831. The minimum atomic E-state index is 0.152. The summed E-state index contributed by atoms with van der Waals surface area (Å²) >= 11 is 3.52. The third-order valence-corrected chi connectivity index (χ3v) is 6.73. The molecule has 0 spiro atoms. The average Bonchev–Trinajstić information content (AvgIpc) is 3.55. The first-order chi connectivity index (χ1) is 14.1. The second-order valence-corrected chi connectivity index (χ2v) is 9.23. The van der Waals surface area contributed by atoms with Crippen LogP contribution in [-0.4, -0.2) is 37.6 Å². The van der Waals surface area contributed by atoms with Crippen molar-refractivity contribution >= 4 is 21.8 Å². The van der Waals surface area contributed by atoms with Gasteiger partial charge in [0.2, 0.25) is 5.91 Å². The first-order valence-corrected chi connectivity index (χ1v) is 11.3. The Balaban J connectivity index is 1.17. The monoisotopic (exact) mass is 456 g/mol. The summed E-state index contributed by atoms with van der Waals surface area (Å²) in [5.41, 5.74) is 2.59. The van der Waals surface area contributed by atoms with E-state index in [1.807, 2.05) is 24.3 Å². The maximum absolute atomic E-state index is 12.5. The maximum atomic E-state index is 12.5. The number of likely N-dealkylation sites (tertiary alicyclic amines) is 1. The summed E-state index contributed by atoms with van der Waals surface area (Å²) in [5.74, 6) is 2.27. The first-order valence-electron chi connectivity index (χ1n) is 10.5. The van der Waals surface area contributed by atoms with E-state index in [1.54, 1.807) is 7.11 Å². The van der Waals surface area contributed by atoms with Crippen LogP contribution >= 0.6 is 15.9 Å². The lowest BCUT2D eigenvalue weighted by atomic mass is 9.96. The standard InChI is InChI=1S/C24H29BrN2O2/c1-29-21-7-5-18(6-8-21)16-27-11-9-17(10-12-27)15-26-24(28)23-14-22(23)19-3-2-4-20(25)13-19/h2-8,13,17,22-23H,9-12,14-16H2,1H3,(H,26,28). The Hall–Kier alpha value is -1.85. The number of carbonyl (C=O) groups excluding carboxylic acids is 1. The number of hydrogen-bond acceptors (Lipinski definition) is 3. The van der Waals surface area contributed by atoms with E-state index in [0.717, 1.165) is 55.7 Å². The van der Waals surface area contributed by atoms with E-state index in [4.69, 9.17) is 4.74 Å². The molecule has 4 nitrogen and oxygen atoms in total. The van der Waals surface area contributed by atoms with Gasteiger partial charge in [-0.15, -0.1) is 0 Å². The number of nitrogens with zero attached hydrogens (tertiary/aromatic N) is 1. The number of piperidine rings is 1. The summed E-state index contributed by atoms with van der Waals surface area (Å²) < 4.78 is 6.31. The number of rotatable bonds is 7. The molecule has 0 radical (unpaired) electrons. The summed E-state index contributed by atoms with van der Waals surface area (Å²) in [6.07, 6.45) is 3.27. The third kappa shape index (κ3) is 5.40. The molecule has 154 valence electrons. The Labute approximate surface area is 181 Å². The number of ether oxygens (including phenoxy) is 1. The van der Waals surface area contributed by atoms with Gasteiger partial charge in [-0.1, -0.05) is 40.2 Å². The van der Waals surface area contributed by atoms with Crippen LogP contribution in [0.25, 0.3) is 0 Å². The number of methoxy groups -OCH3 is 1. The molecule has 1 aliphatic carbocycles. The van der Waals surface area contributed by atoms with Gasteiger partial charge in [-0.3, -0.25) is 9.69 Å². The predicted molar refractivity (Wildman–Crippen MR) is 119 cm³/mol. The van der Waals surface area contributed by atoms with E-state index in [1.165, 1.54) is 11.1 Å². The highest BCUT2D eigenvalue weighted by atomic mass is 79.9. The Morgan fingerprint density at radius 1 is 1.17 bits per heavy atom. The SMILES string of the molecule is COc1ccc(CN2CCC(CNC(=O)C3CC3c3cccc(Br)c3)CC2)cc1. The van der Waals surface area contributed by atoms with Gasteiger partial charge in [-0.05, 0) is 79.6 Å². The van der Waals surface area contributed by atoms with Crippen LogP contribution in [-0.2, 0) is 11.3 Å². The van der Waals surface area contributed by atoms with Gasteiger partial charge < -0.3 is 10.1 Å². The summed E-state index contributed by atoms with van der Waals surface area (Å²) in [5, 5.41) is 3.22. The van der Waals surface area contributed by atoms with Crippen LogP contribution in [0.1, 0.15) is 36.3 Å². The molecule has 1 aliphatic heterocycles. The van der Waals surface area contributed by atoms with Gasteiger partial charge in [-0.2, -0.15) is 0 Å². The molecule has 1 amide bonds. The van der Waals surface area contributed by atoms with Crippen LogP contribution in [0.2, 0.25) is 0 Å². The zero-order chi connectivity index (χ0) is 20.2. The topological polar surface area (TPSA) is 41.6 Å². The van der Waals surface area contributed by atoms with Crippen LogP contribution in [0.4, 0.5) is 0 Å². The smallest absolute Gasteiger partial charge is 0.223 e. The average molecular weight is 457 g/mol. The van der Waals surface area contributed by atoms with Gasteiger partial charge in [0.1, 0.15) is 5.75 Å². The molecule has 2 aliphatic rings. The van der Waals surface area contributed by atoms with Crippen molar-refractivity contribution in [3.63, 3.8) is 0 Å². The highest BCUT2D eigenvalue weighted by Gasteiger charge is 2.43. The van der Waals surface area contributed by atoms with E-state index in [2.05, 4.69) is 50.4 Å². The van der Waals surface area contributed by atoms with Crippen molar-refractivity contribution in [2.45, 2.75) is 31.7 Å². The highest BCUT2D eigenvalue weighted by molar-refractivity contribution is 9.10. The molecule has 2 aromatic rings. The number of hydrogen-bond donors (Lipinski definition) is 1. The lowest BCUT2D eigenvalue weighted by Crippen LogP contribution is -2.38. The normalized spacial score (nSPS) is 22.3. The fraction of sp³-hybridized carbons (Fsp3) is 0.458. The Kier molecular flexibility index (Phi) is 6.56. The number of amides is 1. The first kappa shape index (κ1) is 20.4. The second-order valence-electron chi connectivity index (χ2n) is 8.32. The fourth-order valence-electron chi connectivity index (χ4n) is 4.30. The molecule has 2 aromatic carbocycles. The van der Waals surface area contributed by atoms with Crippen LogP contribution < -0.4 is 10.1 Å². The molecule has 1 N–H and O–H groups in total. The summed E-state index contributed by atoms with van der Waals surface area (Å²) in [7, 11) is 1.70. The van der Waals surface area contributed by atoms with Crippen molar-refractivity contribution in [2.24, 2.45) is 11.8 Å². The van der Waals surface area contributed by atoms with E-state index in [-0.39, 0.29) is 11.8 Å². The maximum Gasteiger partial charge on any atom is 0.223 e. The molecule has 0 aromatic heterocycles. The van der Waals surface area contributed by atoms with E-state index in [0.29, 0.717) is 11.8 Å². The number of halogens is 1. The van der Waals surface area contributed by atoms with Crippen LogP contribution in [0.3, 0.4) is 0 Å². The molecule has 1 saturated heterocycles. The van der Waals surface area contributed by atoms with Gasteiger partial charge in [-0.25, -0.2) is 0 Å². The van der Waals surface area contributed by atoms with Gasteiger partial charge in [0.25, 0.3) is 0 Å². The third-order valence-electron chi connectivity index (χ3n) is 6.24. The van der Waals surface area contributed by atoms with E-state index in [9.17, 15) is 4.79 Å². The Morgan fingerprint density at radius 2 is 1.93 bits per heavy atom. The minimum Gasteiger partial charge on any atom is -0.497 e. The summed E-state index contributed by atoms with van der Waals surface area (Å²) in [6.45, 7) is 3.99. The molecule has 2 unspecified atom stereocenters. The van der Waals surface area contributed by atoms with Gasteiger partial charge in [0.05, 0.1) is 7.11 Å². The molecule has 2 atom stereocenters. The molecule has 2 fully saturated rings. The zero-order valence-corrected chi connectivity index (χ0v) is 18.5. The minimum absolute atomic E-state index is 0.152. The number of carbonyl (C=O) groups is 1. The molecule has 1 heterocycles. The molecule has 29 heavy (non-hydrogen) atoms. The van der Waals surface area contributed by atoms with Crippen molar-refractivity contribution in [2.75, 3.05) is 26.7 Å². The molecular weight excluding hydrogens is 428 g/mol. The van der Waals surface area contributed by atoms with Crippen LogP contribution in [0.15, 0.2) is 53.0 Å².